The van der Waals surface area contributed by atoms with Gasteiger partial charge in [0.25, 0.3) is 0 Å². The Morgan fingerprint density at radius 3 is 2.33 bits per heavy atom. The average molecular weight is 232 g/mol. The van der Waals surface area contributed by atoms with Gasteiger partial charge in [-0.2, -0.15) is 0 Å². The number of aryl methyl sites for hydroxylation is 1. The summed E-state index contributed by atoms with van der Waals surface area (Å²) in [6, 6.07) is 0. The summed E-state index contributed by atoms with van der Waals surface area (Å²) in [6.07, 6.45) is 0. The quantitative estimate of drug-likeness (QED) is 0.519. The molecule has 6 heteroatoms. The number of nitrogens with zero attached hydrogens (tertiary/aromatic N) is 1. The number of thiazole rings is 1. The van der Waals surface area contributed by atoms with Crippen LogP contribution in [0.2, 0.25) is 0 Å². The lowest BCUT2D eigenvalue weighted by atomic mass is 10.0. The summed E-state index contributed by atoms with van der Waals surface area (Å²) < 4.78 is 0. The molecule has 1 aromatic rings. The summed E-state index contributed by atoms with van der Waals surface area (Å²) in [5.41, 5.74) is -0.0843. The monoisotopic (exact) mass is 232 g/mol. The lowest BCUT2D eigenvalue weighted by Crippen LogP contribution is -2.54. The van der Waals surface area contributed by atoms with Gasteiger partial charge in [0, 0.05) is 17.6 Å². The molecule has 4 N–H and O–H groups in total. The van der Waals surface area contributed by atoms with Gasteiger partial charge in [-0.05, 0) is 6.92 Å². The lowest BCUT2D eigenvalue weighted by Gasteiger charge is -2.28. The third-order valence-corrected chi connectivity index (χ3v) is 3.16. The number of aromatic nitrogens is 1. The molecule has 0 aliphatic carbocycles. The second-order valence-corrected chi connectivity index (χ2v) is 4.43. The van der Waals surface area contributed by atoms with Crippen LogP contribution in [0.1, 0.15) is 10.7 Å². The predicted molar refractivity (Wildman–Crippen MR) is 57.7 cm³/mol. The number of nitrogens with one attached hydrogen (secondary N) is 1. The van der Waals surface area contributed by atoms with Crippen LogP contribution in [0.3, 0.4) is 0 Å². The van der Waals surface area contributed by atoms with Crippen molar-refractivity contribution in [3.63, 3.8) is 0 Å². The molecule has 0 fully saturated rings. The summed E-state index contributed by atoms with van der Waals surface area (Å²) in [6.45, 7) is 1.39. The number of hydrogen-bond acceptors (Lipinski definition) is 6. The second kappa shape index (κ2) is 5.53. The van der Waals surface area contributed by atoms with Crippen LogP contribution in [0.4, 0.5) is 0 Å². The van der Waals surface area contributed by atoms with Crippen LogP contribution >= 0.6 is 11.3 Å². The van der Waals surface area contributed by atoms with Gasteiger partial charge in [0.2, 0.25) is 0 Å². The Kier molecular flexibility index (Phi) is 4.62. The van der Waals surface area contributed by atoms with Crippen LogP contribution in [-0.2, 0) is 6.54 Å². The highest BCUT2D eigenvalue weighted by Crippen LogP contribution is 2.10. The molecule has 0 radical (unpaired) electrons. The van der Waals surface area contributed by atoms with Gasteiger partial charge in [-0.15, -0.1) is 11.3 Å². The van der Waals surface area contributed by atoms with Crippen molar-refractivity contribution in [2.45, 2.75) is 19.0 Å². The normalized spacial score (nSPS) is 12.0. The molecule has 1 aromatic heterocycles. The van der Waals surface area contributed by atoms with E-state index in [9.17, 15) is 0 Å². The van der Waals surface area contributed by atoms with Crippen molar-refractivity contribution in [3.8, 4) is 0 Å². The molecule has 0 atom stereocenters. The highest BCUT2D eigenvalue weighted by Gasteiger charge is 2.27. The fourth-order valence-electron chi connectivity index (χ4n) is 1.06. The molecule has 0 saturated carbocycles. The largest absolute Gasteiger partial charge is 0.394 e. The van der Waals surface area contributed by atoms with E-state index in [1.54, 1.807) is 0 Å². The van der Waals surface area contributed by atoms with Crippen molar-refractivity contribution in [1.29, 1.82) is 0 Å². The molecular formula is C9H16N2O3S. The van der Waals surface area contributed by atoms with E-state index in [1.165, 1.54) is 11.3 Å². The summed E-state index contributed by atoms with van der Waals surface area (Å²) in [4.78, 5) is 4.23. The first-order chi connectivity index (χ1) is 7.15. The fourth-order valence-corrected chi connectivity index (χ4v) is 1.78. The van der Waals surface area contributed by atoms with Gasteiger partial charge in [-0.3, -0.25) is 5.32 Å². The molecule has 0 bridgehead atoms. The van der Waals surface area contributed by atoms with Crippen molar-refractivity contribution in [2.75, 3.05) is 19.8 Å². The Balaban J connectivity index is 2.54. The molecule has 0 spiro atoms. The topological polar surface area (TPSA) is 85.6 Å². The van der Waals surface area contributed by atoms with E-state index < -0.39 is 5.54 Å². The van der Waals surface area contributed by atoms with Gasteiger partial charge in [0.1, 0.15) is 5.01 Å². The maximum atomic E-state index is 9.06. The molecule has 0 unspecified atom stereocenters. The van der Waals surface area contributed by atoms with Gasteiger partial charge in [0.05, 0.1) is 25.4 Å². The predicted octanol–water partition coefficient (Wildman–Crippen LogP) is -0.743. The Labute approximate surface area is 92.4 Å². The van der Waals surface area contributed by atoms with E-state index in [-0.39, 0.29) is 19.8 Å². The third kappa shape index (κ3) is 3.22. The zero-order valence-corrected chi connectivity index (χ0v) is 9.42. The number of aliphatic hydroxyl groups excluding tert-OH is 3. The molecule has 5 nitrogen and oxygen atoms in total. The second-order valence-electron chi connectivity index (χ2n) is 3.49. The van der Waals surface area contributed by atoms with Crippen molar-refractivity contribution in [2.24, 2.45) is 0 Å². The van der Waals surface area contributed by atoms with Crippen molar-refractivity contribution >= 4 is 11.3 Å². The van der Waals surface area contributed by atoms with Crippen LogP contribution in [0.15, 0.2) is 5.38 Å². The van der Waals surface area contributed by atoms with E-state index in [1.807, 2.05) is 12.3 Å². The highest BCUT2D eigenvalue weighted by atomic mass is 32.1. The average Bonchev–Trinajstić information content (AvgIpc) is 2.67. The van der Waals surface area contributed by atoms with E-state index in [2.05, 4.69) is 10.3 Å². The number of rotatable bonds is 6. The first kappa shape index (κ1) is 12.5. The molecule has 0 aliphatic rings. The van der Waals surface area contributed by atoms with Crippen molar-refractivity contribution in [3.05, 3.63) is 16.1 Å². The number of aliphatic hydroxyl groups is 3. The van der Waals surface area contributed by atoms with E-state index >= 15 is 0 Å². The Morgan fingerprint density at radius 1 is 1.33 bits per heavy atom. The number of hydrogen-bond donors (Lipinski definition) is 4. The zero-order chi connectivity index (χ0) is 11.3. The maximum Gasteiger partial charge on any atom is 0.107 e. The van der Waals surface area contributed by atoms with Crippen LogP contribution < -0.4 is 5.32 Å². The molecule has 15 heavy (non-hydrogen) atoms. The SMILES string of the molecule is Cc1csc(CNC(CO)(CO)CO)n1. The summed E-state index contributed by atoms with van der Waals surface area (Å²) in [5, 5.41) is 32.9. The van der Waals surface area contributed by atoms with Crippen LogP contribution in [0.25, 0.3) is 0 Å². The first-order valence-corrected chi connectivity index (χ1v) is 5.52. The van der Waals surface area contributed by atoms with Crippen LogP contribution in [0, 0.1) is 6.92 Å². The minimum absolute atomic E-state index is 0.315. The van der Waals surface area contributed by atoms with Gasteiger partial charge < -0.3 is 15.3 Å². The lowest BCUT2D eigenvalue weighted by molar-refractivity contribution is 0.0413. The van der Waals surface area contributed by atoms with Crippen LogP contribution in [0.5, 0.6) is 0 Å². The molecule has 0 saturated heterocycles. The minimum Gasteiger partial charge on any atom is -0.394 e. The molecular weight excluding hydrogens is 216 g/mol. The van der Waals surface area contributed by atoms with Gasteiger partial charge in [-0.1, -0.05) is 0 Å². The zero-order valence-electron chi connectivity index (χ0n) is 8.60. The van der Waals surface area contributed by atoms with Gasteiger partial charge >= 0.3 is 0 Å². The fraction of sp³-hybridized carbons (Fsp3) is 0.667. The standard InChI is InChI=1S/C9H16N2O3S/c1-7-3-15-8(11-7)2-10-9(4-12,5-13)6-14/h3,10,12-14H,2,4-6H2,1H3. The summed E-state index contributed by atoms with van der Waals surface area (Å²) >= 11 is 1.50. The first-order valence-electron chi connectivity index (χ1n) is 4.64. The molecule has 1 heterocycles. The maximum absolute atomic E-state index is 9.06. The van der Waals surface area contributed by atoms with E-state index in [0.717, 1.165) is 10.7 Å². The van der Waals surface area contributed by atoms with Crippen molar-refractivity contribution < 1.29 is 15.3 Å². The molecule has 0 aliphatic heterocycles. The smallest absolute Gasteiger partial charge is 0.107 e. The van der Waals surface area contributed by atoms with E-state index in [4.69, 9.17) is 15.3 Å². The Bertz CT molecular complexity index is 291. The third-order valence-electron chi connectivity index (χ3n) is 2.19. The molecule has 0 amide bonds. The molecule has 0 aromatic carbocycles. The Morgan fingerprint density at radius 2 is 1.93 bits per heavy atom. The Hall–Kier alpha value is -0.530. The molecule has 86 valence electrons. The van der Waals surface area contributed by atoms with Gasteiger partial charge in [-0.25, -0.2) is 4.98 Å². The summed E-state index contributed by atoms with van der Waals surface area (Å²) in [5.74, 6) is 0. The van der Waals surface area contributed by atoms with Crippen LogP contribution in [-0.4, -0.2) is 45.7 Å². The minimum atomic E-state index is -1.03. The van der Waals surface area contributed by atoms with Gasteiger partial charge in [0.15, 0.2) is 0 Å². The van der Waals surface area contributed by atoms with E-state index in [0.29, 0.717) is 6.54 Å². The van der Waals surface area contributed by atoms with Crippen molar-refractivity contribution in [1.82, 2.24) is 10.3 Å². The molecule has 1 rings (SSSR count). The highest BCUT2D eigenvalue weighted by molar-refractivity contribution is 7.09. The summed E-state index contributed by atoms with van der Waals surface area (Å²) in [7, 11) is 0.